The van der Waals surface area contributed by atoms with Gasteiger partial charge in [-0.1, -0.05) is 13.0 Å². The van der Waals surface area contributed by atoms with Gasteiger partial charge in [0.25, 0.3) is 5.91 Å². The predicted octanol–water partition coefficient (Wildman–Crippen LogP) is 3.17. The molecule has 1 fully saturated rings. The van der Waals surface area contributed by atoms with Crippen molar-refractivity contribution < 1.29 is 4.79 Å². The molecule has 140 valence electrons. The van der Waals surface area contributed by atoms with Gasteiger partial charge >= 0.3 is 0 Å². The highest BCUT2D eigenvalue weighted by Crippen LogP contribution is 2.20. The number of carbonyl (C=O) groups excluding carboxylic acids is 1. The van der Waals surface area contributed by atoms with Crippen molar-refractivity contribution in [2.45, 2.75) is 32.7 Å². The van der Waals surface area contributed by atoms with E-state index in [0.29, 0.717) is 17.3 Å². The van der Waals surface area contributed by atoms with E-state index in [2.05, 4.69) is 27.4 Å². The van der Waals surface area contributed by atoms with E-state index in [-0.39, 0.29) is 11.9 Å². The number of anilines is 1. The van der Waals surface area contributed by atoms with Gasteiger partial charge in [-0.3, -0.25) is 9.20 Å². The lowest BCUT2D eigenvalue weighted by molar-refractivity contribution is 0.0697. The number of hydrogen-bond acceptors (Lipinski definition) is 5. The first-order valence-electron chi connectivity index (χ1n) is 9.43. The zero-order valence-electron chi connectivity index (χ0n) is 15.7. The first-order chi connectivity index (χ1) is 13.1. The maximum Gasteiger partial charge on any atom is 0.255 e. The number of likely N-dealkylation sites (tertiary alicyclic amines) is 1. The molecule has 7 heteroatoms. The second-order valence-electron chi connectivity index (χ2n) is 7.26. The molecule has 3 aromatic heterocycles. The van der Waals surface area contributed by atoms with Gasteiger partial charge < -0.3 is 10.2 Å². The van der Waals surface area contributed by atoms with Crippen LogP contribution in [-0.4, -0.2) is 43.5 Å². The number of pyridine rings is 2. The average Bonchev–Trinajstić information content (AvgIpc) is 3.13. The quantitative estimate of drug-likeness (QED) is 0.770. The van der Waals surface area contributed by atoms with Crippen molar-refractivity contribution >= 4 is 17.4 Å². The molecule has 4 heterocycles. The third-order valence-electron chi connectivity index (χ3n) is 5.17. The van der Waals surface area contributed by atoms with E-state index in [0.717, 1.165) is 37.4 Å². The maximum absolute atomic E-state index is 12.6. The highest BCUT2D eigenvalue weighted by Gasteiger charge is 2.21. The summed E-state index contributed by atoms with van der Waals surface area (Å²) < 4.78 is 1.95. The summed E-state index contributed by atoms with van der Waals surface area (Å²) in [5.41, 5.74) is 1.45. The van der Waals surface area contributed by atoms with Gasteiger partial charge in [0.1, 0.15) is 5.82 Å². The Morgan fingerprint density at radius 2 is 2.00 bits per heavy atom. The van der Waals surface area contributed by atoms with Crippen molar-refractivity contribution in [3.05, 3.63) is 54.1 Å². The Morgan fingerprint density at radius 1 is 1.19 bits per heavy atom. The van der Waals surface area contributed by atoms with Crippen LogP contribution in [0.2, 0.25) is 0 Å². The lowest BCUT2D eigenvalue weighted by Crippen LogP contribution is -2.37. The Hall–Kier alpha value is -2.96. The van der Waals surface area contributed by atoms with Crippen molar-refractivity contribution in [1.82, 2.24) is 24.5 Å². The van der Waals surface area contributed by atoms with Gasteiger partial charge in [0.05, 0.1) is 11.6 Å². The van der Waals surface area contributed by atoms with Gasteiger partial charge in [0.2, 0.25) is 0 Å². The second kappa shape index (κ2) is 7.34. The van der Waals surface area contributed by atoms with E-state index in [1.807, 2.05) is 52.8 Å². The van der Waals surface area contributed by atoms with Crippen LogP contribution in [0.5, 0.6) is 0 Å². The minimum absolute atomic E-state index is 0.0671. The number of rotatable bonds is 4. The van der Waals surface area contributed by atoms with Crippen molar-refractivity contribution in [1.29, 1.82) is 0 Å². The van der Waals surface area contributed by atoms with E-state index in [1.54, 1.807) is 6.20 Å². The van der Waals surface area contributed by atoms with Gasteiger partial charge in [-0.05, 0) is 49.9 Å². The predicted molar refractivity (Wildman–Crippen MR) is 104 cm³/mol. The van der Waals surface area contributed by atoms with Crippen LogP contribution >= 0.6 is 0 Å². The fourth-order valence-corrected chi connectivity index (χ4v) is 3.44. The van der Waals surface area contributed by atoms with Gasteiger partial charge in [0.15, 0.2) is 11.5 Å². The van der Waals surface area contributed by atoms with Gasteiger partial charge in [-0.25, -0.2) is 4.98 Å². The van der Waals surface area contributed by atoms with Crippen molar-refractivity contribution in [3.8, 4) is 0 Å². The molecular formula is C20H24N6O. The molecule has 1 amide bonds. The Bertz CT molecular complexity index is 927. The van der Waals surface area contributed by atoms with Crippen molar-refractivity contribution in [2.24, 2.45) is 5.92 Å². The fourth-order valence-electron chi connectivity index (χ4n) is 3.44. The first kappa shape index (κ1) is 17.5. The van der Waals surface area contributed by atoms with E-state index in [1.165, 1.54) is 0 Å². The SMILES string of the molecule is CC1CCN(C(=O)c2ccc(NC(C)c3nnc4ccccn34)nc2)CC1. The number of carbonyl (C=O) groups is 1. The zero-order valence-corrected chi connectivity index (χ0v) is 15.7. The first-order valence-corrected chi connectivity index (χ1v) is 9.43. The zero-order chi connectivity index (χ0) is 18.8. The monoisotopic (exact) mass is 364 g/mol. The summed E-state index contributed by atoms with van der Waals surface area (Å²) in [6, 6.07) is 9.42. The van der Waals surface area contributed by atoms with E-state index in [4.69, 9.17) is 0 Å². The molecule has 7 nitrogen and oxygen atoms in total. The largest absolute Gasteiger partial charge is 0.360 e. The van der Waals surface area contributed by atoms with Gasteiger partial charge in [-0.2, -0.15) is 0 Å². The van der Waals surface area contributed by atoms with Gasteiger partial charge in [0, 0.05) is 25.5 Å². The number of piperidine rings is 1. The molecule has 4 rings (SSSR count). The molecule has 0 radical (unpaired) electrons. The minimum atomic E-state index is -0.0694. The summed E-state index contributed by atoms with van der Waals surface area (Å²) in [6.07, 6.45) is 5.74. The summed E-state index contributed by atoms with van der Waals surface area (Å²) in [5, 5.41) is 11.8. The molecule has 27 heavy (non-hydrogen) atoms. The molecule has 0 saturated carbocycles. The molecule has 0 bridgehead atoms. The highest BCUT2D eigenvalue weighted by molar-refractivity contribution is 5.94. The standard InChI is InChI=1S/C20H24N6O/c1-14-8-11-25(12-9-14)20(27)16-6-7-17(21-13-16)22-15(2)19-24-23-18-5-3-4-10-26(18)19/h3-7,10,13-15H,8-9,11-12H2,1-2H3,(H,21,22). The van der Waals surface area contributed by atoms with Crippen molar-refractivity contribution in [3.63, 3.8) is 0 Å². The summed E-state index contributed by atoms with van der Waals surface area (Å²) >= 11 is 0. The average molecular weight is 364 g/mol. The number of fused-ring (bicyclic) bond motifs is 1. The molecule has 0 spiro atoms. The minimum Gasteiger partial charge on any atom is -0.360 e. The van der Waals surface area contributed by atoms with Crippen LogP contribution < -0.4 is 5.32 Å². The van der Waals surface area contributed by atoms with E-state index in [9.17, 15) is 4.79 Å². The molecular weight excluding hydrogens is 340 g/mol. The fraction of sp³-hybridized carbons (Fsp3) is 0.400. The molecule has 1 aliphatic rings. The Morgan fingerprint density at radius 3 is 2.74 bits per heavy atom. The topological polar surface area (TPSA) is 75.4 Å². The third-order valence-corrected chi connectivity index (χ3v) is 5.17. The van der Waals surface area contributed by atoms with E-state index >= 15 is 0 Å². The highest BCUT2D eigenvalue weighted by atomic mass is 16.2. The van der Waals surface area contributed by atoms with Crippen LogP contribution in [0.3, 0.4) is 0 Å². The Labute approximate surface area is 158 Å². The molecule has 1 N–H and O–H groups in total. The van der Waals surface area contributed by atoms with Crippen molar-refractivity contribution in [2.75, 3.05) is 18.4 Å². The Kier molecular flexibility index (Phi) is 4.75. The smallest absolute Gasteiger partial charge is 0.255 e. The summed E-state index contributed by atoms with van der Waals surface area (Å²) in [6.45, 7) is 5.91. The molecule has 3 aromatic rings. The van der Waals surface area contributed by atoms with Crippen LogP contribution in [0.15, 0.2) is 42.7 Å². The van der Waals surface area contributed by atoms with Crippen LogP contribution in [0, 0.1) is 5.92 Å². The number of nitrogens with one attached hydrogen (secondary N) is 1. The second-order valence-corrected chi connectivity index (χ2v) is 7.26. The third kappa shape index (κ3) is 3.63. The normalized spacial score (nSPS) is 16.4. The number of amides is 1. The number of nitrogens with zero attached hydrogens (tertiary/aromatic N) is 5. The molecule has 0 aromatic carbocycles. The van der Waals surface area contributed by atoms with Crippen LogP contribution in [-0.2, 0) is 0 Å². The molecule has 1 atom stereocenters. The van der Waals surface area contributed by atoms with Crippen LogP contribution in [0.25, 0.3) is 5.65 Å². The molecule has 1 aliphatic heterocycles. The van der Waals surface area contributed by atoms with Crippen LogP contribution in [0.4, 0.5) is 5.82 Å². The van der Waals surface area contributed by atoms with E-state index < -0.39 is 0 Å². The summed E-state index contributed by atoms with van der Waals surface area (Å²) in [4.78, 5) is 19.0. The Balaban J connectivity index is 1.44. The number of aromatic nitrogens is 4. The summed E-state index contributed by atoms with van der Waals surface area (Å²) in [5.74, 6) is 2.29. The summed E-state index contributed by atoms with van der Waals surface area (Å²) in [7, 11) is 0. The lowest BCUT2D eigenvalue weighted by Gasteiger charge is -2.30. The lowest BCUT2D eigenvalue weighted by atomic mass is 9.99. The number of hydrogen-bond donors (Lipinski definition) is 1. The maximum atomic E-state index is 12.6. The van der Waals surface area contributed by atoms with Crippen LogP contribution in [0.1, 0.15) is 48.9 Å². The van der Waals surface area contributed by atoms with Gasteiger partial charge in [-0.15, -0.1) is 10.2 Å². The molecule has 1 saturated heterocycles. The molecule has 1 unspecified atom stereocenters. The molecule has 0 aliphatic carbocycles.